The molecule has 0 aliphatic rings. The summed E-state index contributed by atoms with van der Waals surface area (Å²) in [4.78, 5) is 12.2. The molecule has 8 heteroatoms. The first-order chi connectivity index (χ1) is 13.2. The van der Waals surface area contributed by atoms with Crippen molar-refractivity contribution >= 4 is 63.7 Å². The zero-order valence-corrected chi connectivity index (χ0v) is 19.6. The zero-order chi connectivity index (χ0) is 21.0. The van der Waals surface area contributed by atoms with Gasteiger partial charge in [-0.3, -0.25) is 4.79 Å². The summed E-state index contributed by atoms with van der Waals surface area (Å²) in [6.07, 6.45) is 7.42. The number of aryl methyl sites for hydroxylation is 1. The number of carbonyl (C=O) groups is 1. The summed E-state index contributed by atoms with van der Waals surface area (Å²) in [5.41, 5.74) is 1.91. The molecule has 1 rings (SSSR count). The minimum absolute atomic E-state index is 0.171. The predicted molar refractivity (Wildman–Crippen MR) is 125 cm³/mol. The average Bonchev–Trinajstić information content (AvgIpc) is 2.59. The molecule has 0 saturated heterocycles. The Morgan fingerprint density at radius 1 is 1.07 bits per heavy atom. The molecule has 0 fully saturated rings. The monoisotopic (exact) mass is 465 g/mol. The summed E-state index contributed by atoms with van der Waals surface area (Å²) in [5.74, 6) is -0.171. The van der Waals surface area contributed by atoms with Gasteiger partial charge in [-0.25, -0.2) is 0 Å². The van der Waals surface area contributed by atoms with Crippen molar-refractivity contribution in [2.75, 3.05) is 5.32 Å². The molecule has 4 nitrogen and oxygen atoms in total. The Kier molecular flexibility index (Phi) is 12.2. The fraction of sp³-hybridized carbons (Fsp3) is 0.600. The third kappa shape index (κ3) is 11.3. The molecule has 0 saturated carbocycles. The van der Waals surface area contributed by atoms with Crippen LogP contribution in [-0.4, -0.2) is 21.0 Å². The number of amides is 1. The van der Waals surface area contributed by atoms with Crippen molar-refractivity contribution in [3.05, 3.63) is 29.8 Å². The first kappa shape index (κ1) is 25.3. The highest BCUT2D eigenvalue weighted by Crippen LogP contribution is 2.29. The lowest BCUT2D eigenvalue weighted by atomic mass is 10.1. The molecule has 0 bridgehead atoms. The highest BCUT2D eigenvalue weighted by Gasteiger charge is 2.34. The van der Waals surface area contributed by atoms with E-state index in [1.165, 1.54) is 25.7 Å². The molecular formula is C20H30Cl3N3OS. The lowest BCUT2D eigenvalue weighted by Gasteiger charge is -2.27. The van der Waals surface area contributed by atoms with Crippen LogP contribution in [0.15, 0.2) is 24.3 Å². The molecule has 0 aliphatic heterocycles. The fourth-order valence-corrected chi connectivity index (χ4v) is 3.26. The van der Waals surface area contributed by atoms with Gasteiger partial charge >= 0.3 is 0 Å². The van der Waals surface area contributed by atoms with Crippen molar-refractivity contribution < 1.29 is 4.79 Å². The summed E-state index contributed by atoms with van der Waals surface area (Å²) >= 11 is 23.3. The minimum Gasteiger partial charge on any atom is -0.339 e. The molecular weight excluding hydrogens is 437 g/mol. The Balaban J connectivity index is 2.43. The van der Waals surface area contributed by atoms with E-state index in [1.54, 1.807) is 0 Å². The molecule has 1 atom stereocenters. The highest BCUT2D eigenvalue weighted by molar-refractivity contribution is 7.80. The Morgan fingerprint density at radius 3 is 2.32 bits per heavy atom. The molecule has 3 N–H and O–H groups in total. The zero-order valence-electron chi connectivity index (χ0n) is 16.5. The molecule has 28 heavy (non-hydrogen) atoms. The summed E-state index contributed by atoms with van der Waals surface area (Å²) in [5, 5.41) is 8.89. The number of carbonyl (C=O) groups excluding carboxylic acids is 1. The first-order valence-corrected chi connectivity index (χ1v) is 11.3. The van der Waals surface area contributed by atoms with Gasteiger partial charge in [0.2, 0.25) is 9.70 Å². The molecule has 1 amide bonds. The van der Waals surface area contributed by atoms with Gasteiger partial charge in [-0.2, -0.15) is 0 Å². The van der Waals surface area contributed by atoms with Crippen molar-refractivity contribution in [3.8, 4) is 0 Å². The number of alkyl halides is 3. The maximum atomic E-state index is 12.2. The van der Waals surface area contributed by atoms with E-state index < -0.39 is 9.96 Å². The lowest BCUT2D eigenvalue weighted by Crippen LogP contribution is -2.56. The van der Waals surface area contributed by atoms with Crippen LogP contribution in [0.3, 0.4) is 0 Å². The lowest BCUT2D eigenvalue weighted by molar-refractivity contribution is -0.122. The van der Waals surface area contributed by atoms with Crippen LogP contribution in [0.4, 0.5) is 5.69 Å². The highest BCUT2D eigenvalue weighted by atomic mass is 35.6. The second-order valence-corrected chi connectivity index (χ2v) is 9.66. The Morgan fingerprint density at radius 2 is 1.71 bits per heavy atom. The molecule has 0 unspecified atom stereocenters. The minimum atomic E-state index is -1.74. The van der Waals surface area contributed by atoms with E-state index in [2.05, 4.69) is 22.9 Å². The van der Waals surface area contributed by atoms with Gasteiger partial charge in [0.1, 0.15) is 6.17 Å². The van der Waals surface area contributed by atoms with E-state index in [4.69, 9.17) is 47.0 Å². The number of nitrogens with one attached hydrogen (secondary N) is 3. The van der Waals surface area contributed by atoms with Gasteiger partial charge in [0, 0.05) is 12.1 Å². The molecule has 1 aromatic carbocycles. The second-order valence-electron chi connectivity index (χ2n) is 6.88. The van der Waals surface area contributed by atoms with Crippen LogP contribution in [-0.2, 0) is 4.79 Å². The van der Waals surface area contributed by atoms with E-state index in [-0.39, 0.29) is 11.0 Å². The van der Waals surface area contributed by atoms with E-state index in [0.29, 0.717) is 6.42 Å². The van der Waals surface area contributed by atoms with E-state index in [9.17, 15) is 4.79 Å². The Bertz CT molecular complexity index is 623. The van der Waals surface area contributed by atoms with Crippen molar-refractivity contribution in [3.63, 3.8) is 0 Å². The van der Waals surface area contributed by atoms with Gasteiger partial charge < -0.3 is 16.0 Å². The number of halogens is 3. The van der Waals surface area contributed by atoms with Gasteiger partial charge in [-0.05, 0) is 43.3 Å². The summed E-state index contributed by atoms with van der Waals surface area (Å²) in [7, 11) is 0. The molecule has 0 aliphatic carbocycles. The normalized spacial score (nSPS) is 12.3. The number of hydrogen-bond donors (Lipinski definition) is 3. The molecule has 158 valence electrons. The van der Waals surface area contributed by atoms with Crippen LogP contribution in [0.1, 0.15) is 63.9 Å². The van der Waals surface area contributed by atoms with Gasteiger partial charge in [0.25, 0.3) is 0 Å². The van der Waals surface area contributed by atoms with E-state index in [0.717, 1.165) is 30.5 Å². The van der Waals surface area contributed by atoms with Crippen molar-refractivity contribution in [1.82, 2.24) is 10.6 Å². The van der Waals surface area contributed by atoms with Crippen molar-refractivity contribution in [2.24, 2.45) is 0 Å². The molecule has 0 radical (unpaired) electrons. The van der Waals surface area contributed by atoms with Gasteiger partial charge in [-0.1, -0.05) is 92.4 Å². The first-order valence-electron chi connectivity index (χ1n) is 9.72. The van der Waals surface area contributed by atoms with Crippen molar-refractivity contribution in [1.29, 1.82) is 0 Å². The number of rotatable bonds is 11. The maximum absolute atomic E-state index is 12.2. The fourth-order valence-electron chi connectivity index (χ4n) is 2.70. The standard InChI is InChI=1S/C20H30Cl3N3OS/c1-3-4-5-6-7-8-9-13-17(27)25-18(20(21,22)23)26-19(28)24-16-12-10-11-15(2)14-16/h10-12,14,18H,3-9,13H2,1-2H3,(H,25,27)(H2,24,26,28)/t18-/m0/s1. The third-order valence-electron chi connectivity index (χ3n) is 4.19. The van der Waals surface area contributed by atoms with Crippen LogP contribution in [0.2, 0.25) is 0 Å². The second kappa shape index (κ2) is 13.5. The Labute approximate surface area is 189 Å². The predicted octanol–water partition coefficient (Wildman–Crippen LogP) is 6.23. The van der Waals surface area contributed by atoms with Crippen molar-refractivity contribution in [2.45, 2.75) is 75.2 Å². The number of anilines is 1. The molecule has 1 aromatic rings. The van der Waals surface area contributed by atoms with Crippen LogP contribution in [0.5, 0.6) is 0 Å². The SMILES string of the molecule is CCCCCCCCCC(=O)N[C@@H](NC(=S)Nc1cccc(C)c1)C(Cl)(Cl)Cl. The van der Waals surface area contributed by atoms with Gasteiger partial charge in [0.05, 0.1) is 0 Å². The quantitative estimate of drug-likeness (QED) is 0.156. The van der Waals surface area contributed by atoms with E-state index in [1.807, 2.05) is 31.2 Å². The largest absolute Gasteiger partial charge is 0.339 e. The topological polar surface area (TPSA) is 53.2 Å². The average molecular weight is 467 g/mol. The van der Waals surface area contributed by atoms with E-state index >= 15 is 0 Å². The van der Waals surface area contributed by atoms with Gasteiger partial charge in [0.15, 0.2) is 5.11 Å². The maximum Gasteiger partial charge on any atom is 0.228 e. The molecule has 0 spiro atoms. The van der Waals surface area contributed by atoms with Gasteiger partial charge in [-0.15, -0.1) is 0 Å². The third-order valence-corrected chi connectivity index (χ3v) is 5.07. The summed E-state index contributed by atoms with van der Waals surface area (Å²) in [6.45, 7) is 4.18. The molecule has 0 heterocycles. The number of hydrogen-bond acceptors (Lipinski definition) is 2. The number of benzene rings is 1. The number of unbranched alkanes of at least 4 members (excludes halogenated alkanes) is 6. The summed E-state index contributed by atoms with van der Waals surface area (Å²) in [6, 6.07) is 7.72. The molecule has 0 aromatic heterocycles. The van der Waals surface area contributed by atoms with Crippen LogP contribution in [0.25, 0.3) is 0 Å². The van der Waals surface area contributed by atoms with Crippen LogP contribution in [0, 0.1) is 6.92 Å². The number of thiocarbonyl (C=S) groups is 1. The smallest absolute Gasteiger partial charge is 0.228 e. The van der Waals surface area contributed by atoms with Crippen LogP contribution < -0.4 is 16.0 Å². The Hall–Kier alpha value is -0.750. The van der Waals surface area contributed by atoms with Crippen LogP contribution >= 0.6 is 47.0 Å². The summed E-state index contributed by atoms with van der Waals surface area (Å²) < 4.78 is -1.74.